The minimum absolute atomic E-state index is 0.358. The van der Waals surface area contributed by atoms with Crippen molar-refractivity contribution in [2.45, 2.75) is 24.7 Å². The summed E-state index contributed by atoms with van der Waals surface area (Å²) in [5.74, 6) is 0. The molecule has 5 heteroatoms. The maximum Gasteiger partial charge on any atom is 0.175 e. The minimum Gasteiger partial charge on any atom is -0.384 e. The lowest BCUT2D eigenvalue weighted by molar-refractivity contribution is 0.602. The Kier molecular flexibility index (Phi) is 5.04. The van der Waals surface area contributed by atoms with E-state index in [9.17, 15) is 8.42 Å². The molecule has 3 aromatic rings. The summed E-state index contributed by atoms with van der Waals surface area (Å²) in [5.41, 5.74) is 4.27. The van der Waals surface area contributed by atoms with Crippen molar-refractivity contribution >= 4 is 26.4 Å². The van der Waals surface area contributed by atoms with E-state index >= 15 is 0 Å². The molecule has 1 aromatic heterocycles. The van der Waals surface area contributed by atoms with Gasteiger partial charge in [0.25, 0.3) is 0 Å². The lowest BCUT2D eigenvalue weighted by Gasteiger charge is -2.11. The van der Waals surface area contributed by atoms with Crippen molar-refractivity contribution < 1.29 is 8.42 Å². The summed E-state index contributed by atoms with van der Waals surface area (Å²) in [4.78, 5) is 5.01. The van der Waals surface area contributed by atoms with Gasteiger partial charge in [0.2, 0.25) is 0 Å². The van der Waals surface area contributed by atoms with Crippen molar-refractivity contribution in [3.63, 3.8) is 0 Å². The summed E-state index contributed by atoms with van der Waals surface area (Å²) in [6, 6.07) is 17.3. The minimum atomic E-state index is -3.14. The van der Waals surface area contributed by atoms with Gasteiger partial charge in [-0.05, 0) is 42.7 Å². The number of para-hydroxylation sites is 1. The van der Waals surface area contributed by atoms with E-state index in [1.807, 2.05) is 30.3 Å². The van der Waals surface area contributed by atoms with Crippen LogP contribution in [0.3, 0.4) is 0 Å². The number of aromatic nitrogens is 1. The maximum atomic E-state index is 11.5. The molecule has 0 aliphatic carbocycles. The largest absolute Gasteiger partial charge is 0.384 e. The number of nitrogens with zero attached hydrogens (tertiary/aromatic N) is 1. The third-order valence-corrected chi connectivity index (χ3v) is 5.34. The van der Waals surface area contributed by atoms with Gasteiger partial charge in [-0.3, -0.25) is 4.98 Å². The summed E-state index contributed by atoms with van der Waals surface area (Å²) in [6.45, 7) is 2.87. The topological polar surface area (TPSA) is 59.1 Å². The quantitative estimate of drug-likeness (QED) is 0.730. The van der Waals surface area contributed by atoms with Gasteiger partial charge >= 0.3 is 0 Å². The average molecular weight is 354 g/mol. The van der Waals surface area contributed by atoms with Gasteiger partial charge in [-0.15, -0.1) is 0 Å². The first-order valence-corrected chi connectivity index (χ1v) is 10.3. The summed E-state index contributed by atoms with van der Waals surface area (Å²) >= 11 is 0. The fraction of sp³-hybridized carbons (Fsp3) is 0.250. The first-order chi connectivity index (χ1) is 12.0. The highest BCUT2D eigenvalue weighted by Crippen LogP contribution is 2.23. The van der Waals surface area contributed by atoms with Gasteiger partial charge < -0.3 is 5.32 Å². The van der Waals surface area contributed by atoms with Gasteiger partial charge in [0.15, 0.2) is 9.84 Å². The zero-order chi connectivity index (χ0) is 17.9. The Hall–Kier alpha value is -2.40. The second-order valence-corrected chi connectivity index (χ2v) is 8.14. The smallest absolute Gasteiger partial charge is 0.175 e. The molecule has 0 atom stereocenters. The van der Waals surface area contributed by atoms with E-state index < -0.39 is 9.84 Å². The van der Waals surface area contributed by atoms with Crippen LogP contribution in [0.5, 0.6) is 0 Å². The number of fused-ring (bicyclic) bond motifs is 1. The Balaban J connectivity index is 1.73. The number of pyridine rings is 1. The standard InChI is InChI=1S/C20H22N2O2S/c1-3-16-14-20(18-6-4-5-7-19(18)22-16)21-13-12-15-8-10-17(11-9-15)25(2,23)24/h4-11,14H,3,12-13H2,1-2H3,(H,21,22). The summed E-state index contributed by atoms with van der Waals surface area (Å²) in [6.07, 6.45) is 2.94. The number of anilines is 1. The van der Waals surface area contributed by atoms with Crippen LogP contribution in [0, 0.1) is 0 Å². The molecule has 0 fully saturated rings. The van der Waals surface area contributed by atoms with Crippen molar-refractivity contribution in [1.82, 2.24) is 4.98 Å². The molecule has 0 aliphatic rings. The monoisotopic (exact) mass is 354 g/mol. The van der Waals surface area contributed by atoms with Crippen LogP contribution >= 0.6 is 0 Å². The molecular weight excluding hydrogens is 332 g/mol. The van der Waals surface area contributed by atoms with Crippen LogP contribution in [0.2, 0.25) is 0 Å². The lowest BCUT2D eigenvalue weighted by Crippen LogP contribution is -2.06. The van der Waals surface area contributed by atoms with E-state index in [0.717, 1.165) is 47.2 Å². The molecule has 0 bridgehead atoms. The predicted octanol–water partition coefficient (Wildman–Crippen LogP) is 3.86. The highest BCUT2D eigenvalue weighted by Gasteiger charge is 2.07. The molecule has 3 rings (SSSR count). The van der Waals surface area contributed by atoms with Crippen LogP contribution in [-0.4, -0.2) is 26.2 Å². The highest BCUT2D eigenvalue weighted by molar-refractivity contribution is 7.90. The molecule has 0 aliphatic heterocycles. The van der Waals surface area contributed by atoms with Crippen LogP contribution < -0.4 is 5.32 Å². The molecule has 25 heavy (non-hydrogen) atoms. The average Bonchev–Trinajstić information content (AvgIpc) is 2.61. The zero-order valence-corrected chi connectivity index (χ0v) is 15.3. The van der Waals surface area contributed by atoms with Crippen molar-refractivity contribution in [2.24, 2.45) is 0 Å². The lowest BCUT2D eigenvalue weighted by atomic mass is 10.1. The predicted molar refractivity (Wildman–Crippen MR) is 103 cm³/mol. The number of nitrogens with one attached hydrogen (secondary N) is 1. The van der Waals surface area contributed by atoms with Crippen LogP contribution in [0.4, 0.5) is 5.69 Å². The van der Waals surface area contributed by atoms with Crippen LogP contribution in [0.15, 0.2) is 59.5 Å². The second kappa shape index (κ2) is 7.23. The molecular formula is C20H22N2O2S. The van der Waals surface area contributed by atoms with Gasteiger partial charge in [0.05, 0.1) is 10.4 Å². The maximum absolute atomic E-state index is 11.5. The Morgan fingerprint density at radius 2 is 1.76 bits per heavy atom. The Labute approximate surface area is 148 Å². The Morgan fingerprint density at radius 1 is 1.04 bits per heavy atom. The SMILES string of the molecule is CCc1cc(NCCc2ccc(S(C)(=O)=O)cc2)c2ccccc2n1. The number of aryl methyl sites for hydroxylation is 1. The van der Waals surface area contributed by atoms with Gasteiger partial charge in [0, 0.05) is 29.6 Å². The normalized spacial score (nSPS) is 11.6. The number of hydrogen-bond donors (Lipinski definition) is 1. The second-order valence-electron chi connectivity index (χ2n) is 6.12. The molecule has 0 saturated carbocycles. The number of benzene rings is 2. The summed E-state index contributed by atoms with van der Waals surface area (Å²) in [5, 5.41) is 4.62. The van der Waals surface area contributed by atoms with E-state index in [-0.39, 0.29) is 0 Å². The van der Waals surface area contributed by atoms with E-state index in [4.69, 9.17) is 0 Å². The van der Waals surface area contributed by atoms with Crippen molar-refractivity contribution in [2.75, 3.05) is 18.1 Å². The molecule has 0 amide bonds. The van der Waals surface area contributed by atoms with Crippen LogP contribution in [0.25, 0.3) is 10.9 Å². The Morgan fingerprint density at radius 3 is 2.44 bits per heavy atom. The van der Waals surface area contributed by atoms with Gasteiger partial charge in [0.1, 0.15) is 0 Å². The van der Waals surface area contributed by atoms with Gasteiger partial charge in [-0.1, -0.05) is 37.3 Å². The number of rotatable bonds is 6. The molecule has 0 spiro atoms. The molecule has 0 unspecified atom stereocenters. The molecule has 0 saturated heterocycles. The summed E-state index contributed by atoms with van der Waals surface area (Å²) in [7, 11) is -3.14. The molecule has 1 N–H and O–H groups in total. The fourth-order valence-corrected chi connectivity index (χ4v) is 3.43. The number of sulfone groups is 1. The van der Waals surface area contributed by atoms with Crippen LogP contribution in [0.1, 0.15) is 18.2 Å². The van der Waals surface area contributed by atoms with E-state index in [1.54, 1.807) is 12.1 Å². The van der Waals surface area contributed by atoms with E-state index in [0.29, 0.717) is 4.90 Å². The first kappa shape index (κ1) is 17.4. The van der Waals surface area contributed by atoms with Crippen molar-refractivity contribution in [1.29, 1.82) is 0 Å². The molecule has 130 valence electrons. The summed E-state index contributed by atoms with van der Waals surface area (Å²) < 4.78 is 23.0. The van der Waals surface area contributed by atoms with E-state index in [2.05, 4.69) is 29.4 Å². The van der Waals surface area contributed by atoms with Gasteiger partial charge in [-0.2, -0.15) is 0 Å². The molecule has 2 aromatic carbocycles. The molecule has 0 radical (unpaired) electrons. The molecule has 1 heterocycles. The first-order valence-electron chi connectivity index (χ1n) is 8.39. The van der Waals surface area contributed by atoms with Crippen LogP contribution in [-0.2, 0) is 22.7 Å². The third kappa shape index (κ3) is 4.17. The molecule has 4 nitrogen and oxygen atoms in total. The van der Waals surface area contributed by atoms with E-state index in [1.165, 1.54) is 6.26 Å². The van der Waals surface area contributed by atoms with Gasteiger partial charge in [-0.25, -0.2) is 8.42 Å². The zero-order valence-electron chi connectivity index (χ0n) is 14.5. The fourth-order valence-electron chi connectivity index (χ4n) is 2.80. The Bertz CT molecular complexity index is 980. The number of hydrogen-bond acceptors (Lipinski definition) is 4. The van der Waals surface area contributed by atoms with Crippen molar-refractivity contribution in [3.05, 3.63) is 65.9 Å². The third-order valence-electron chi connectivity index (χ3n) is 4.21. The highest BCUT2D eigenvalue weighted by atomic mass is 32.2. The van der Waals surface area contributed by atoms with Crippen molar-refractivity contribution in [3.8, 4) is 0 Å².